The fourth-order valence-corrected chi connectivity index (χ4v) is 5.80. The molecule has 1 aliphatic rings. The van der Waals surface area contributed by atoms with Gasteiger partial charge in [0.05, 0.1) is 25.4 Å². The molecule has 1 heterocycles. The largest absolute Gasteiger partial charge is 0.394 e. The summed E-state index contributed by atoms with van der Waals surface area (Å²) in [5.74, 6) is -0.182. The second kappa shape index (κ2) is 28.0. The molecule has 1 aliphatic heterocycles. The summed E-state index contributed by atoms with van der Waals surface area (Å²) in [6, 6.07) is -0.794. The Morgan fingerprint density at radius 1 is 0.733 bits per heavy atom. The van der Waals surface area contributed by atoms with Crippen LogP contribution in [0.4, 0.5) is 0 Å². The molecule has 0 aromatic rings. The van der Waals surface area contributed by atoms with Crippen LogP contribution in [0, 0.1) is 0 Å². The summed E-state index contributed by atoms with van der Waals surface area (Å²) in [5, 5.41) is 53.7. The van der Waals surface area contributed by atoms with E-state index < -0.39 is 49.5 Å². The van der Waals surface area contributed by atoms with Gasteiger partial charge in [0.25, 0.3) is 0 Å². The van der Waals surface area contributed by atoms with E-state index in [0.29, 0.717) is 6.42 Å². The third kappa shape index (κ3) is 20.0. The van der Waals surface area contributed by atoms with Gasteiger partial charge in [0.2, 0.25) is 5.91 Å². The molecule has 0 saturated carbocycles. The van der Waals surface area contributed by atoms with Crippen molar-refractivity contribution in [3.63, 3.8) is 0 Å². The Morgan fingerprint density at radius 2 is 1.22 bits per heavy atom. The summed E-state index contributed by atoms with van der Waals surface area (Å²) in [6.45, 7) is 3.71. The maximum Gasteiger partial charge on any atom is 0.220 e. The van der Waals surface area contributed by atoms with Crippen LogP contribution in [-0.2, 0) is 14.3 Å². The zero-order valence-corrected chi connectivity index (χ0v) is 28.6. The van der Waals surface area contributed by atoms with E-state index in [4.69, 9.17) is 9.47 Å². The molecule has 266 valence electrons. The van der Waals surface area contributed by atoms with E-state index in [9.17, 15) is 30.3 Å². The number of unbranched alkanes of at least 4 members (excludes halogenated alkanes) is 19. The van der Waals surface area contributed by atoms with Crippen molar-refractivity contribution in [2.75, 3.05) is 13.2 Å². The lowest BCUT2D eigenvalue weighted by Crippen LogP contribution is -2.60. The number of aliphatic hydroxyl groups is 5. The number of nitrogens with one attached hydrogen (secondary N) is 1. The Labute approximate surface area is 274 Å². The predicted octanol–water partition coefficient (Wildman–Crippen LogP) is 5.83. The number of hydrogen-bond donors (Lipinski definition) is 6. The van der Waals surface area contributed by atoms with Crippen LogP contribution < -0.4 is 5.32 Å². The normalized spacial score (nSPS) is 23.4. The first kappa shape index (κ1) is 42.0. The van der Waals surface area contributed by atoms with Crippen molar-refractivity contribution in [3.8, 4) is 0 Å². The van der Waals surface area contributed by atoms with Crippen molar-refractivity contribution in [2.24, 2.45) is 0 Å². The van der Waals surface area contributed by atoms with Gasteiger partial charge in [0.1, 0.15) is 24.4 Å². The Bertz CT molecular complexity index is 721. The van der Waals surface area contributed by atoms with Crippen LogP contribution in [-0.4, -0.2) is 87.5 Å². The van der Waals surface area contributed by atoms with Gasteiger partial charge in [0, 0.05) is 6.42 Å². The molecule has 0 aliphatic carbocycles. The van der Waals surface area contributed by atoms with Gasteiger partial charge in [-0.25, -0.2) is 0 Å². The summed E-state index contributed by atoms with van der Waals surface area (Å²) in [4.78, 5) is 12.8. The van der Waals surface area contributed by atoms with Gasteiger partial charge in [-0.15, -0.1) is 0 Å². The van der Waals surface area contributed by atoms with Gasteiger partial charge < -0.3 is 40.3 Å². The third-order valence-electron chi connectivity index (χ3n) is 8.86. The zero-order chi connectivity index (χ0) is 33.1. The number of rotatable bonds is 29. The van der Waals surface area contributed by atoms with E-state index in [-0.39, 0.29) is 12.5 Å². The van der Waals surface area contributed by atoms with Crippen LogP contribution in [0.5, 0.6) is 0 Å². The van der Waals surface area contributed by atoms with Gasteiger partial charge >= 0.3 is 0 Å². The lowest BCUT2D eigenvalue weighted by atomic mass is 9.99. The van der Waals surface area contributed by atoms with Gasteiger partial charge in [-0.2, -0.15) is 0 Å². The maximum absolute atomic E-state index is 12.8. The van der Waals surface area contributed by atoms with Crippen LogP contribution in [0.25, 0.3) is 0 Å². The predicted molar refractivity (Wildman–Crippen MR) is 180 cm³/mol. The molecule has 0 bridgehead atoms. The minimum absolute atomic E-state index is 0.182. The number of carbonyl (C=O) groups is 1. The second-order valence-electron chi connectivity index (χ2n) is 13.0. The SMILES string of the molecule is CCCCCCCCCCCCC/C=C/[C@@H](O)[C@H](CO[C@@H]1OC(CO)[C@@H](O)C(O)C1O)NC(=O)CCCCCCCCCCC. The molecule has 9 nitrogen and oxygen atoms in total. The summed E-state index contributed by atoms with van der Waals surface area (Å²) in [5.41, 5.74) is 0. The highest BCUT2D eigenvalue weighted by Gasteiger charge is 2.44. The Morgan fingerprint density at radius 3 is 1.73 bits per heavy atom. The Kier molecular flexibility index (Phi) is 26.1. The topological polar surface area (TPSA) is 149 Å². The smallest absolute Gasteiger partial charge is 0.220 e. The van der Waals surface area contributed by atoms with E-state index in [1.807, 2.05) is 6.08 Å². The minimum Gasteiger partial charge on any atom is -0.394 e. The van der Waals surface area contributed by atoms with Crippen LogP contribution in [0.15, 0.2) is 12.2 Å². The number of amides is 1. The number of hydrogen-bond acceptors (Lipinski definition) is 8. The standard InChI is InChI=1S/C36H69NO8/c1-3-5-7-9-11-13-14-15-16-18-19-21-23-25-30(39)29(28-44-36-35(43)34(42)33(41)31(27-38)45-36)37-32(40)26-24-22-20-17-12-10-8-6-4-2/h23,25,29-31,33-36,38-39,41-43H,3-22,24,26-28H2,1-2H3,(H,37,40)/b25-23+/t29-,30+,31?,33+,34?,35?,36+/m0/s1. The fourth-order valence-electron chi connectivity index (χ4n) is 5.80. The van der Waals surface area contributed by atoms with Gasteiger partial charge in [-0.3, -0.25) is 4.79 Å². The monoisotopic (exact) mass is 644 g/mol. The molecule has 0 radical (unpaired) electrons. The number of carbonyl (C=O) groups excluding carboxylic acids is 1. The van der Waals surface area contributed by atoms with Crippen LogP contribution in [0.2, 0.25) is 0 Å². The molecule has 45 heavy (non-hydrogen) atoms. The molecule has 6 N–H and O–H groups in total. The van der Waals surface area contributed by atoms with Crippen LogP contribution in [0.1, 0.15) is 155 Å². The summed E-state index contributed by atoms with van der Waals surface area (Å²) < 4.78 is 11.1. The fraction of sp³-hybridized carbons (Fsp3) is 0.917. The highest BCUT2D eigenvalue weighted by molar-refractivity contribution is 5.76. The summed E-state index contributed by atoms with van der Waals surface area (Å²) in [6.07, 6.45) is 21.1. The maximum atomic E-state index is 12.8. The van der Waals surface area contributed by atoms with Crippen molar-refractivity contribution >= 4 is 5.91 Å². The molecule has 3 unspecified atom stereocenters. The quantitative estimate of drug-likeness (QED) is 0.0441. The Hall–Kier alpha value is -1.07. The molecule has 1 rings (SSSR count). The first-order valence-corrected chi connectivity index (χ1v) is 18.4. The van der Waals surface area contributed by atoms with Gasteiger partial charge in [-0.1, -0.05) is 142 Å². The van der Waals surface area contributed by atoms with E-state index in [0.717, 1.165) is 38.5 Å². The van der Waals surface area contributed by atoms with Crippen LogP contribution >= 0.6 is 0 Å². The van der Waals surface area contributed by atoms with E-state index >= 15 is 0 Å². The van der Waals surface area contributed by atoms with Crippen molar-refractivity contribution in [1.82, 2.24) is 5.32 Å². The molecule has 0 aromatic carbocycles. The highest BCUT2D eigenvalue weighted by Crippen LogP contribution is 2.22. The lowest BCUT2D eigenvalue weighted by molar-refractivity contribution is -0.302. The minimum atomic E-state index is -1.56. The molecule has 1 fully saturated rings. The van der Waals surface area contributed by atoms with Crippen molar-refractivity contribution in [1.29, 1.82) is 0 Å². The molecule has 1 amide bonds. The molecular formula is C36H69NO8. The summed E-state index contributed by atoms with van der Waals surface area (Å²) >= 11 is 0. The lowest BCUT2D eigenvalue weighted by Gasteiger charge is -2.40. The molecule has 0 spiro atoms. The van der Waals surface area contributed by atoms with Crippen molar-refractivity contribution in [3.05, 3.63) is 12.2 Å². The van der Waals surface area contributed by atoms with Crippen LogP contribution in [0.3, 0.4) is 0 Å². The second-order valence-corrected chi connectivity index (χ2v) is 13.0. The number of allylic oxidation sites excluding steroid dienone is 1. The molecule has 0 aromatic heterocycles. The van der Waals surface area contributed by atoms with E-state index in [1.54, 1.807) is 6.08 Å². The average Bonchev–Trinajstić information content (AvgIpc) is 3.04. The zero-order valence-electron chi connectivity index (χ0n) is 28.6. The first-order valence-electron chi connectivity index (χ1n) is 18.4. The van der Waals surface area contributed by atoms with Gasteiger partial charge in [0.15, 0.2) is 6.29 Å². The van der Waals surface area contributed by atoms with Crippen molar-refractivity contribution in [2.45, 2.75) is 198 Å². The third-order valence-corrected chi connectivity index (χ3v) is 8.86. The van der Waals surface area contributed by atoms with Crippen molar-refractivity contribution < 1.29 is 39.8 Å². The van der Waals surface area contributed by atoms with Gasteiger partial charge in [-0.05, 0) is 19.3 Å². The first-order chi connectivity index (χ1) is 21.8. The summed E-state index contributed by atoms with van der Waals surface area (Å²) in [7, 11) is 0. The Balaban J connectivity index is 2.49. The van der Waals surface area contributed by atoms with E-state index in [2.05, 4.69) is 19.2 Å². The number of aliphatic hydroxyl groups excluding tert-OH is 5. The van der Waals surface area contributed by atoms with E-state index in [1.165, 1.54) is 96.3 Å². The molecular weight excluding hydrogens is 574 g/mol. The molecule has 9 heteroatoms. The average molecular weight is 644 g/mol. The molecule has 7 atom stereocenters. The number of ether oxygens (including phenoxy) is 2. The molecule has 1 saturated heterocycles. The highest BCUT2D eigenvalue weighted by atomic mass is 16.7.